The normalized spacial score (nSPS) is 16.2. The Hall–Kier alpha value is -1.56. The zero-order valence-corrected chi connectivity index (χ0v) is 10.6. The quantitative estimate of drug-likeness (QED) is 0.868. The molecule has 0 saturated heterocycles. The molecule has 1 aliphatic carbocycles. The van der Waals surface area contributed by atoms with Crippen molar-refractivity contribution in [2.45, 2.75) is 38.5 Å². The van der Waals surface area contributed by atoms with E-state index in [9.17, 15) is 4.39 Å². The lowest BCUT2D eigenvalue weighted by molar-refractivity contribution is 0.345. The molecule has 3 heteroatoms. The zero-order chi connectivity index (χ0) is 12.8. The number of hydrogen-bond acceptors (Lipinski definition) is 2. The van der Waals surface area contributed by atoms with Gasteiger partial charge in [-0.1, -0.05) is 32.1 Å². The summed E-state index contributed by atoms with van der Waals surface area (Å²) in [6, 6.07) is 6.48. The summed E-state index contributed by atoms with van der Waals surface area (Å²) in [5.74, 6) is 0.387. The van der Waals surface area contributed by atoms with E-state index in [1.54, 1.807) is 12.1 Å². The largest absolute Gasteiger partial charge is 0.385 e. The summed E-state index contributed by atoms with van der Waals surface area (Å²) >= 11 is 0. The van der Waals surface area contributed by atoms with Crippen molar-refractivity contribution in [2.24, 2.45) is 5.92 Å². The predicted octanol–water partition coefficient (Wildman–Crippen LogP) is 4.08. The molecule has 0 spiro atoms. The number of halogens is 1. The first-order valence-corrected chi connectivity index (χ1v) is 6.73. The van der Waals surface area contributed by atoms with Crippen molar-refractivity contribution in [3.8, 4) is 6.07 Å². The molecule has 1 N–H and O–H groups in total. The van der Waals surface area contributed by atoms with Crippen molar-refractivity contribution in [3.63, 3.8) is 0 Å². The third-order valence-electron chi connectivity index (χ3n) is 3.69. The molecule has 96 valence electrons. The topological polar surface area (TPSA) is 35.8 Å². The molecule has 1 aromatic carbocycles. The molecule has 0 amide bonds. The maximum absolute atomic E-state index is 13.1. The van der Waals surface area contributed by atoms with Crippen LogP contribution in [-0.2, 0) is 0 Å². The van der Waals surface area contributed by atoms with E-state index in [0.717, 1.165) is 18.2 Å². The van der Waals surface area contributed by atoms with Gasteiger partial charge in [-0.25, -0.2) is 4.39 Å². The molecule has 1 aliphatic rings. The Morgan fingerprint density at radius 3 is 2.78 bits per heavy atom. The lowest BCUT2D eigenvalue weighted by atomic mass is 9.87. The van der Waals surface area contributed by atoms with E-state index in [0.29, 0.717) is 0 Å². The lowest BCUT2D eigenvalue weighted by Crippen LogP contribution is -2.12. The van der Waals surface area contributed by atoms with Crippen molar-refractivity contribution in [3.05, 3.63) is 29.6 Å². The summed E-state index contributed by atoms with van der Waals surface area (Å²) in [6.07, 6.45) is 7.95. The molecular formula is C15H19FN2. The zero-order valence-electron chi connectivity index (χ0n) is 10.6. The van der Waals surface area contributed by atoms with Gasteiger partial charge in [-0.3, -0.25) is 0 Å². The molecule has 1 fully saturated rings. The smallest absolute Gasteiger partial charge is 0.141 e. The van der Waals surface area contributed by atoms with Gasteiger partial charge in [-0.2, -0.15) is 5.26 Å². The van der Waals surface area contributed by atoms with E-state index in [4.69, 9.17) is 5.26 Å². The van der Waals surface area contributed by atoms with Crippen molar-refractivity contribution in [1.82, 2.24) is 0 Å². The van der Waals surface area contributed by atoms with Crippen LogP contribution in [0.3, 0.4) is 0 Å². The fourth-order valence-electron chi connectivity index (χ4n) is 2.62. The Kier molecular flexibility index (Phi) is 4.58. The minimum atomic E-state index is -0.449. The van der Waals surface area contributed by atoms with Crippen LogP contribution in [0.1, 0.15) is 44.1 Å². The monoisotopic (exact) mass is 246 g/mol. The van der Waals surface area contributed by atoms with Gasteiger partial charge in [-0.15, -0.1) is 0 Å². The van der Waals surface area contributed by atoms with Crippen molar-refractivity contribution in [1.29, 1.82) is 5.26 Å². The highest BCUT2D eigenvalue weighted by Gasteiger charge is 2.12. The summed E-state index contributed by atoms with van der Waals surface area (Å²) in [5.41, 5.74) is 0.946. The highest BCUT2D eigenvalue weighted by atomic mass is 19.1. The minimum Gasteiger partial charge on any atom is -0.385 e. The highest BCUT2D eigenvalue weighted by Crippen LogP contribution is 2.26. The van der Waals surface area contributed by atoms with Gasteiger partial charge in [0.05, 0.1) is 5.56 Å². The van der Waals surface area contributed by atoms with Crippen LogP contribution in [0.5, 0.6) is 0 Å². The van der Waals surface area contributed by atoms with Crippen LogP contribution in [-0.4, -0.2) is 6.54 Å². The molecule has 0 heterocycles. The standard InChI is InChI=1S/C15H19FN2/c16-15-7-6-14(10-13(15)11-17)18-9-8-12-4-2-1-3-5-12/h6-7,10,12,18H,1-5,8-9H2. The van der Waals surface area contributed by atoms with Gasteiger partial charge in [0.15, 0.2) is 0 Å². The summed E-state index contributed by atoms with van der Waals surface area (Å²) < 4.78 is 13.1. The number of nitriles is 1. The summed E-state index contributed by atoms with van der Waals surface area (Å²) in [4.78, 5) is 0. The highest BCUT2D eigenvalue weighted by molar-refractivity contribution is 5.49. The molecule has 0 unspecified atom stereocenters. The Labute approximate surface area is 108 Å². The number of anilines is 1. The molecule has 0 bridgehead atoms. The summed E-state index contributed by atoms with van der Waals surface area (Å²) in [7, 11) is 0. The predicted molar refractivity (Wildman–Crippen MR) is 70.8 cm³/mol. The SMILES string of the molecule is N#Cc1cc(NCCC2CCCCC2)ccc1F. The molecule has 1 aromatic rings. The second-order valence-electron chi connectivity index (χ2n) is 5.03. The van der Waals surface area contributed by atoms with Crippen LogP contribution in [0.15, 0.2) is 18.2 Å². The van der Waals surface area contributed by atoms with Crippen molar-refractivity contribution >= 4 is 5.69 Å². The van der Waals surface area contributed by atoms with Gasteiger partial charge < -0.3 is 5.32 Å². The van der Waals surface area contributed by atoms with E-state index in [2.05, 4.69) is 5.32 Å². The van der Waals surface area contributed by atoms with Crippen molar-refractivity contribution < 1.29 is 4.39 Å². The second-order valence-corrected chi connectivity index (χ2v) is 5.03. The molecule has 2 rings (SSSR count). The first kappa shape index (κ1) is 12.9. The van der Waals surface area contributed by atoms with Crippen LogP contribution in [0.4, 0.5) is 10.1 Å². The molecule has 0 aromatic heterocycles. The molecule has 0 aliphatic heterocycles. The number of hydrogen-bond donors (Lipinski definition) is 1. The number of nitrogens with one attached hydrogen (secondary N) is 1. The Balaban J connectivity index is 1.81. The van der Waals surface area contributed by atoms with E-state index < -0.39 is 5.82 Å². The minimum absolute atomic E-state index is 0.109. The van der Waals surface area contributed by atoms with E-state index in [1.165, 1.54) is 44.6 Å². The van der Waals surface area contributed by atoms with Crippen molar-refractivity contribution in [2.75, 3.05) is 11.9 Å². The van der Waals surface area contributed by atoms with Crippen LogP contribution >= 0.6 is 0 Å². The maximum Gasteiger partial charge on any atom is 0.141 e. The second kappa shape index (κ2) is 6.39. The number of rotatable bonds is 4. The molecular weight excluding hydrogens is 227 g/mol. The maximum atomic E-state index is 13.1. The first-order valence-electron chi connectivity index (χ1n) is 6.73. The Morgan fingerprint density at radius 1 is 1.28 bits per heavy atom. The fraction of sp³-hybridized carbons (Fsp3) is 0.533. The van der Waals surface area contributed by atoms with Gasteiger partial charge in [-0.05, 0) is 30.5 Å². The average molecular weight is 246 g/mol. The first-order chi connectivity index (χ1) is 8.79. The average Bonchev–Trinajstić information content (AvgIpc) is 2.42. The number of benzene rings is 1. The Morgan fingerprint density at radius 2 is 2.06 bits per heavy atom. The molecule has 0 radical (unpaired) electrons. The molecule has 18 heavy (non-hydrogen) atoms. The summed E-state index contributed by atoms with van der Waals surface area (Å²) in [6.45, 7) is 0.904. The lowest BCUT2D eigenvalue weighted by Gasteiger charge is -2.21. The van der Waals surface area contributed by atoms with Gasteiger partial charge in [0, 0.05) is 12.2 Å². The molecule has 0 atom stereocenters. The van der Waals surface area contributed by atoms with Crippen LogP contribution in [0, 0.1) is 23.1 Å². The van der Waals surface area contributed by atoms with E-state index >= 15 is 0 Å². The van der Waals surface area contributed by atoms with Crippen LogP contribution in [0.2, 0.25) is 0 Å². The van der Waals surface area contributed by atoms with Gasteiger partial charge in [0.1, 0.15) is 11.9 Å². The van der Waals surface area contributed by atoms with Crippen LogP contribution < -0.4 is 5.32 Å². The third kappa shape index (κ3) is 3.46. The fourth-order valence-corrected chi connectivity index (χ4v) is 2.62. The van der Waals surface area contributed by atoms with Crippen LogP contribution in [0.25, 0.3) is 0 Å². The molecule has 1 saturated carbocycles. The third-order valence-corrected chi connectivity index (χ3v) is 3.69. The van der Waals surface area contributed by atoms with E-state index in [-0.39, 0.29) is 5.56 Å². The van der Waals surface area contributed by atoms with Gasteiger partial charge in [0.2, 0.25) is 0 Å². The van der Waals surface area contributed by atoms with E-state index in [1.807, 2.05) is 6.07 Å². The number of nitrogens with zero attached hydrogens (tertiary/aromatic N) is 1. The summed E-state index contributed by atoms with van der Waals surface area (Å²) in [5, 5.41) is 12.0. The Bertz CT molecular complexity index is 431. The van der Waals surface area contributed by atoms with Gasteiger partial charge >= 0.3 is 0 Å². The van der Waals surface area contributed by atoms with Gasteiger partial charge in [0.25, 0.3) is 0 Å². The molecule has 2 nitrogen and oxygen atoms in total.